The summed E-state index contributed by atoms with van der Waals surface area (Å²) in [5, 5.41) is 3.32. The van der Waals surface area contributed by atoms with Gasteiger partial charge in [0.15, 0.2) is 0 Å². The van der Waals surface area contributed by atoms with Crippen LogP contribution in [0.25, 0.3) is 11.0 Å². The maximum Gasteiger partial charge on any atom is 0.266 e. The molecule has 0 aliphatic heterocycles. The van der Waals surface area contributed by atoms with E-state index in [0.717, 1.165) is 6.07 Å². The number of pyridine rings is 1. The molecule has 0 bridgehead atoms. The van der Waals surface area contributed by atoms with E-state index in [9.17, 15) is 18.0 Å². The SMILES string of the molecule is C#C[C@@H](Nc1ncnc2c1cc(Br)c(=O)n2C)c1cccc(C(F)F)c1F. The van der Waals surface area contributed by atoms with Gasteiger partial charge in [-0.1, -0.05) is 24.1 Å². The van der Waals surface area contributed by atoms with Crippen LogP contribution >= 0.6 is 15.9 Å². The van der Waals surface area contributed by atoms with Gasteiger partial charge in [0.05, 0.1) is 15.4 Å². The van der Waals surface area contributed by atoms with E-state index in [-0.39, 0.29) is 21.4 Å². The average Bonchev–Trinajstić information content (AvgIpc) is 2.65. The smallest absolute Gasteiger partial charge is 0.266 e. The topological polar surface area (TPSA) is 59.8 Å². The highest BCUT2D eigenvalue weighted by Crippen LogP contribution is 2.30. The van der Waals surface area contributed by atoms with Crippen molar-refractivity contribution >= 4 is 32.8 Å². The number of nitrogens with one attached hydrogen (secondary N) is 1. The molecule has 1 atom stereocenters. The van der Waals surface area contributed by atoms with Crippen molar-refractivity contribution in [3.8, 4) is 12.3 Å². The number of benzene rings is 1. The second-order valence-corrected chi connectivity index (χ2v) is 6.47. The zero-order chi connectivity index (χ0) is 19.7. The first-order valence-electron chi connectivity index (χ1n) is 7.64. The number of halogens is 4. The Labute approximate surface area is 160 Å². The Bertz CT molecular complexity index is 1120. The van der Waals surface area contributed by atoms with Crippen LogP contribution in [0.5, 0.6) is 0 Å². The number of anilines is 1. The van der Waals surface area contributed by atoms with E-state index in [1.807, 2.05) is 0 Å². The summed E-state index contributed by atoms with van der Waals surface area (Å²) >= 11 is 3.17. The Morgan fingerprint density at radius 2 is 2.00 bits per heavy atom. The maximum absolute atomic E-state index is 14.5. The molecule has 9 heteroatoms. The van der Waals surface area contributed by atoms with E-state index in [1.54, 1.807) is 0 Å². The predicted molar refractivity (Wildman–Crippen MR) is 99.0 cm³/mol. The van der Waals surface area contributed by atoms with E-state index in [4.69, 9.17) is 6.42 Å². The van der Waals surface area contributed by atoms with Crippen LogP contribution in [-0.2, 0) is 7.05 Å². The van der Waals surface area contributed by atoms with E-state index < -0.39 is 23.8 Å². The second-order valence-electron chi connectivity index (χ2n) is 5.61. The van der Waals surface area contributed by atoms with Gasteiger partial charge in [-0.25, -0.2) is 23.1 Å². The van der Waals surface area contributed by atoms with Crippen molar-refractivity contribution in [1.82, 2.24) is 14.5 Å². The van der Waals surface area contributed by atoms with Gasteiger partial charge in [0.25, 0.3) is 12.0 Å². The third-order valence-electron chi connectivity index (χ3n) is 4.01. The Balaban J connectivity index is 2.11. The van der Waals surface area contributed by atoms with Gasteiger partial charge < -0.3 is 5.32 Å². The molecule has 0 spiro atoms. The fourth-order valence-corrected chi connectivity index (χ4v) is 3.15. The van der Waals surface area contributed by atoms with Crippen LogP contribution in [0, 0.1) is 18.2 Å². The Morgan fingerprint density at radius 1 is 1.30 bits per heavy atom. The van der Waals surface area contributed by atoms with Crippen LogP contribution in [0.4, 0.5) is 19.0 Å². The van der Waals surface area contributed by atoms with E-state index in [2.05, 4.69) is 37.1 Å². The first kappa shape index (κ1) is 18.9. The van der Waals surface area contributed by atoms with Crippen LogP contribution in [-0.4, -0.2) is 14.5 Å². The summed E-state index contributed by atoms with van der Waals surface area (Å²) in [6, 6.07) is 4.10. The van der Waals surface area contributed by atoms with Crippen LogP contribution in [0.2, 0.25) is 0 Å². The lowest BCUT2D eigenvalue weighted by Crippen LogP contribution is -2.19. The summed E-state index contributed by atoms with van der Waals surface area (Å²) in [6.07, 6.45) is 3.76. The van der Waals surface area contributed by atoms with Crippen LogP contribution < -0.4 is 10.9 Å². The lowest BCUT2D eigenvalue weighted by molar-refractivity contribution is 0.146. The monoisotopic (exact) mass is 436 g/mol. The van der Waals surface area contributed by atoms with Gasteiger partial charge in [0.1, 0.15) is 29.7 Å². The number of aromatic nitrogens is 3. The molecular formula is C18H12BrF3N4O. The first-order valence-corrected chi connectivity index (χ1v) is 8.43. The van der Waals surface area contributed by atoms with Crippen LogP contribution in [0.15, 0.2) is 39.9 Å². The Kier molecular flexibility index (Phi) is 5.19. The molecule has 0 aliphatic rings. The van der Waals surface area contributed by atoms with Crippen molar-refractivity contribution in [3.05, 3.63) is 62.4 Å². The van der Waals surface area contributed by atoms with Crippen molar-refractivity contribution in [2.75, 3.05) is 5.32 Å². The first-order chi connectivity index (χ1) is 12.8. The number of rotatable bonds is 4. The largest absolute Gasteiger partial charge is 0.352 e. The van der Waals surface area contributed by atoms with Gasteiger partial charge in [-0.15, -0.1) is 6.42 Å². The minimum atomic E-state index is -2.96. The molecule has 0 amide bonds. The van der Waals surface area contributed by atoms with Crippen molar-refractivity contribution in [1.29, 1.82) is 0 Å². The quantitative estimate of drug-likeness (QED) is 0.629. The number of nitrogens with zero attached hydrogens (tertiary/aromatic N) is 3. The van der Waals surface area contributed by atoms with Crippen LogP contribution in [0.3, 0.4) is 0 Å². The molecule has 5 nitrogen and oxygen atoms in total. The third-order valence-corrected chi connectivity index (χ3v) is 4.58. The summed E-state index contributed by atoms with van der Waals surface area (Å²) in [5.41, 5.74) is -0.798. The fraction of sp³-hybridized carbons (Fsp3) is 0.167. The molecule has 1 aromatic carbocycles. The maximum atomic E-state index is 14.5. The zero-order valence-corrected chi connectivity index (χ0v) is 15.5. The van der Waals surface area contributed by atoms with Gasteiger partial charge in [-0.2, -0.15) is 0 Å². The number of terminal acetylenes is 1. The van der Waals surface area contributed by atoms with Crippen molar-refractivity contribution in [2.24, 2.45) is 7.05 Å². The Morgan fingerprint density at radius 3 is 2.67 bits per heavy atom. The molecule has 138 valence electrons. The molecule has 0 fully saturated rings. The Hall–Kier alpha value is -2.86. The summed E-state index contributed by atoms with van der Waals surface area (Å²) in [6.45, 7) is 0. The van der Waals surface area contributed by atoms with Gasteiger partial charge >= 0.3 is 0 Å². The van der Waals surface area contributed by atoms with Crippen molar-refractivity contribution in [3.63, 3.8) is 0 Å². The highest BCUT2D eigenvalue weighted by atomic mass is 79.9. The molecule has 0 aliphatic carbocycles. The number of fused-ring (bicyclic) bond motifs is 1. The van der Waals surface area contributed by atoms with Gasteiger partial charge in [0, 0.05) is 12.6 Å². The molecule has 0 saturated carbocycles. The highest BCUT2D eigenvalue weighted by Gasteiger charge is 2.22. The highest BCUT2D eigenvalue weighted by molar-refractivity contribution is 9.10. The fourth-order valence-electron chi connectivity index (χ4n) is 2.65. The molecule has 2 heterocycles. The number of hydrogen-bond donors (Lipinski definition) is 1. The standard InChI is InChI=1S/C18H12BrF3N4O/c1-3-13(9-5-4-6-10(14(9)20)15(21)22)25-16-11-7-12(19)18(27)26(2)17(11)24-8-23-16/h1,4-8,13,15H,2H3,(H,23,24,25)/t13-/m1/s1. The minimum absolute atomic E-state index is 0.106. The van der Waals surface area contributed by atoms with Gasteiger partial charge in [-0.05, 0) is 22.0 Å². The van der Waals surface area contributed by atoms with Gasteiger partial charge in [0.2, 0.25) is 0 Å². The van der Waals surface area contributed by atoms with Crippen molar-refractivity contribution in [2.45, 2.75) is 12.5 Å². The molecule has 1 N–H and O–H groups in total. The molecular weight excluding hydrogens is 425 g/mol. The average molecular weight is 437 g/mol. The number of aryl methyl sites for hydroxylation is 1. The van der Waals surface area contributed by atoms with E-state index in [1.165, 1.54) is 36.1 Å². The van der Waals surface area contributed by atoms with Crippen molar-refractivity contribution < 1.29 is 13.2 Å². The molecule has 3 rings (SSSR count). The zero-order valence-electron chi connectivity index (χ0n) is 13.9. The number of alkyl halides is 2. The van der Waals surface area contributed by atoms with E-state index in [0.29, 0.717) is 11.0 Å². The molecule has 27 heavy (non-hydrogen) atoms. The molecule has 0 unspecified atom stereocenters. The molecule has 3 aromatic rings. The predicted octanol–water partition coefficient (Wildman–Crippen LogP) is 3.95. The molecule has 2 aromatic heterocycles. The summed E-state index contributed by atoms with van der Waals surface area (Å²) in [7, 11) is 1.54. The lowest BCUT2D eigenvalue weighted by Gasteiger charge is -2.18. The van der Waals surface area contributed by atoms with Gasteiger partial charge in [-0.3, -0.25) is 9.36 Å². The third kappa shape index (κ3) is 3.40. The summed E-state index contributed by atoms with van der Waals surface area (Å²) in [4.78, 5) is 20.2. The molecule has 0 saturated heterocycles. The van der Waals surface area contributed by atoms with Crippen LogP contribution in [0.1, 0.15) is 23.6 Å². The second kappa shape index (κ2) is 7.40. The molecule has 0 radical (unpaired) electrons. The lowest BCUT2D eigenvalue weighted by atomic mass is 10.0. The normalized spacial score (nSPS) is 12.2. The summed E-state index contributed by atoms with van der Waals surface area (Å²) in [5.74, 6) is 1.51. The minimum Gasteiger partial charge on any atom is -0.352 e. The summed E-state index contributed by atoms with van der Waals surface area (Å²) < 4.78 is 42.0. The number of hydrogen-bond acceptors (Lipinski definition) is 4. The van der Waals surface area contributed by atoms with E-state index >= 15 is 0 Å².